The number of benzene rings is 3. The summed E-state index contributed by atoms with van der Waals surface area (Å²) in [7, 11) is 0. The van der Waals surface area contributed by atoms with Crippen molar-refractivity contribution < 1.29 is 9.47 Å². The van der Waals surface area contributed by atoms with Crippen molar-refractivity contribution in [2.24, 2.45) is 5.92 Å². The van der Waals surface area contributed by atoms with Crippen molar-refractivity contribution in [1.29, 1.82) is 0 Å². The Morgan fingerprint density at radius 1 is 0.742 bits per heavy atom. The van der Waals surface area contributed by atoms with Crippen LogP contribution in [-0.4, -0.2) is 6.61 Å². The fourth-order valence-electron chi connectivity index (χ4n) is 4.00. The third kappa shape index (κ3) is 4.91. The molecule has 2 nitrogen and oxygen atoms in total. The SMILES string of the molecule is Cc1c(OCC2=CC=CCC2C)cccc1-c1cccc(OCc2ccccc2)c1C. The van der Waals surface area contributed by atoms with Crippen molar-refractivity contribution >= 4 is 0 Å². The first-order chi connectivity index (χ1) is 15.1. The Labute approximate surface area is 185 Å². The topological polar surface area (TPSA) is 18.5 Å². The van der Waals surface area contributed by atoms with Crippen LogP contribution in [0.25, 0.3) is 11.1 Å². The van der Waals surface area contributed by atoms with Crippen LogP contribution in [0.3, 0.4) is 0 Å². The molecule has 4 rings (SSSR count). The average Bonchev–Trinajstić information content (AvgIpc) is 2.80. The molecule has 3 aromatic carbocycles. The van der Waals surface area contributed by atoms with Crippen LogP contribution in [0.4, 0.5) is 0 Å². The zero-order valence-corrected chi connectivity index (χ0v) is 18.6. The Hall–Kier alpha value is -3.26. The predicted molar refractivity (Wildman–Crippen MR) is 129 cm³/mol. The zero-order valence-electron chi connectivity index (χ0n) is 18.6. The van der Waals surface area contributed by atoms with E-state index in [-0.39, 0.29) is 0 Å². The van der Waals surface area contributed by atoms with Gasteiger partial charge in [-0.1, -0.05) is 79.7 Å². The molecule has 3 aromatic rings. The zero-order chi connectivity index (χ0) is 21.6. The Balaban J connectivity index is 1.54. The van der Waals surface area contributed by atoms with E-state index in [1.54, 1.807) is 0 Å². The average molecular weight is 411 g/mol. The van der Waals surface area contributed by atoms with Crippen molar-refractivity contribution in [2.45, 2.75) is 33.8 Å². The van der Waals surface area contributed by atoms with Crippen LogP contribution in [0, 0.1) is 19.8 Å². The van der Waals surface area contributed by atoms with Gasteiger partial charge in [-0.25, -0.2) is 0 Å². The third-order valence-corrected chi connectivity index (χ3v) is 6.06. The van der Waals surface area contributed by atoms with Crippen molar-refractivity contribution in [2.75, 3.05) is 6.61 Å². The molecule has 31 heavy (non-hydrogen) atoms. The van der Waals surface area contributed by atoms with Crippen LogP contribution in [0.2, 0.25) is 0 Å². The molecule has 0 aromatic heterocycles. The van der Waals surface area contributed by atoms with E-state index in [2.05, 4.69) is 81.5 Å². The monoisotopic (exact) mass is 410 g/mol. The molecule has 1 unspecified atom stereocenters. The first-order valence-corrected chi connectivity index (χ1v) is 11.0. The van der Waals surface area contributed by atoms with Gasteiger partial charge < -0.3 is 9.47 Å². The lowest BCUT2D eigenvalue weighted by Crippen LogP contribution is -2.11. The minimum Gasteiger partial charge on any atom is -0.489 e. The molecule has 0 radical (unpaired) electrons. The van der Waals surface area contributed by atoms with E-state index < -0.39 is 0 Å². The van der Waals surface area contributed by atoms with Crippen LogP contribution in [0.15, 0.2) is 90.5 Å². The van der Waals surface area contributed by atoms with Crippen LogP contribution in [0.5, 0.6) is 11.5 Å². The summed E-state index contributed by atoms with van der Waals surface area (Å²) in [6.45, 7) is 7.72. The Kier molecular flexibility index (Phi) is 6.57. The van der Waals surface area contributed by atoms with Gasteiger partial charge in [-0.05, 0) is 71.7 Å². The normalized spacial score (nSPS) is 15.5. The first-order valence-electron chi connectivity index (χ1n) is 11.0. The van der Waals surface area contributed by atoms with Crippen molar-refractivity contribution in [3.8, 4) is 22.6 Å². The van der Waals surface area contributed by atoms with Gasteiger partial charge >= 0.3 is 0 Å². The lowest BCUT2D eigenvalue weighted by Gasteiger charge is -2.20. The maximum atomic E-state index is 6.25. The minimum absolute atomic E-state index is 0.536. The van der Waals surface area contributed by atoms with Gasteiger partial charge in [0.1, 0.15) is 24.7 Å². The molecule has 0 bridgehead atoms. The summed E-state index contributed by atoms with van der Waals surface area (Å²) in [6, 6.07) is 22.8. The van der Waals surface area contributed by atoms with Gasteiger partial charge in [-0.3, -0.25) is 0 Å². The summed E-state index contributed by atoms with van der Waals surface area (Å²) >= 11 is 0. The van der Waals surface area contributed by atoms with E-state index >= 15 is 0 Å². The molecule has 1 aliphatic carbocycles. The molecule has 0 saturated carbocycles. The molecule has 0 saturated heterocycles. The fourth-order valence-corrected chi connectivity index (χ4v) is 4.00. The molecule has 0 fully saturated rings. The summed E-state index contributed by atoms with van der Waals surface area (Å²) in [5, 5.41) is 0. The van der Waals surface area contributed by atoms with Crippen LogP contribution in [-0.2, 0) is 6.61 Å². The van der Waals surface area contributed by atoms with Gasteiger partial charge in [0.2, 0.25) is 0 Å². The lowest BCUT2D eigenvalue weighted by molar-refractivity contribution is 0.304. The number of ether oxygens (including phenoxy) is 2. The summed E-state index contributed by atoms with van der Waals surface area (Å²) in [6.07, 6.45) is 7.62. The number of rotatable bonds is 7. The molecular formula is C29H30O2. The molecule has 1 atom stereocenters. The van der Waals surface area contributed by atoms with Gasteiger partial charge in [0.15, 0.2) is 0 Å². The van der Waals surface area contributed by atoms with Gasteiger partial charge in [-0.2, -0.15) is 0 Å². The molecule has 158 valence electrons. The van der Waals surface area contributed by atoms with E-state index in [0.717, 1.165) is 29.0 Å². The second-order valence-electron chi connectivity index (χ2n) is 8.23. The second-order valence-corrected chi connectivity index (χ2v) is 8.23. The van der Waals surface area contributed by atoms with Crippen molar-refractivity contribution in [1.82, 2.24) is 0 Å². The predicted octanol–water partition coefficient (Wildman–Crippen LogP) is 7.45. The molecule has 0 amide bonds. The molecular weight excluding hydrogens is 380 g/mol. The second kappa shape index (κ2) is 9.70. The lowest BCUT2D eigenvalue weighted by atomic mass is 9.94. The molecule has 0 heterocycles. The van der Waals surface area contributed by atoms with E-state index in [1.807, 2.05) is 24.3 Å². The summed E-state index contributed by atoms with van der Waals surface area (Å²) < 4.78 is 12.4. The van der Waals surface area contributed by atoms with Crippen LogP contribution >= 0.6 is 0 Å². The highest BCUT2D eigenvalue weighted by molar-refractivity contribution is 5.74. The summed E-state index contributed by atoms with van der Waals surface area (Å²) in [5.74, 6) is 2.39. The van der Waals surface area contributed by atoms with Crippen LogP contribution < -0.4 is 9.47 Å². The smallest absolute Gasteiger partial charge is 0.123 e. The number of hydrogen-bond acceptors (Lipinski definition) is 2. The molecule has 1 aliphatic rings. The molecule has 0 aliphatic heterocycles. The highest BCUT2D eigenvalue weighted by Crippen LogP contribution is 2.36. The van der Waals surface area contributed by atoms with Crippen molar-refractivity contribution in [3.63, 3.8) is 0 Å². The van der Waals surface area contributed by atoms with Gasteiger partial charge in [0, 0.05) is 0 Å². The Morgan fingerprint density at radius 2 is 1.35 bits per heavy atom. The number of allylic oxidation sites excluding steroid dienone is 3. The fraction of sp³-hybridized carbons (Fsp3) is 0.241. The molecule has 2 heteroatoms. The largest absolute Gasteiger partial charge is 0.489 e. The standard InChI is InChI=1S/C29H30O2/c1-21-11-7-8-14-25(21)20-31-29-18-10-16-27(23(29)3)26-15-9-17-28(22(26)2)30-19-24-12-5-4-6-13-24/h4-10,12-18,21H,11,19-20H2,1-3H3. The Morgan fingerprint density at radius 3 is 1.97 bits per heavy atom. The highest BCUT2D eigenvalue weighted by Gasteiger charge is 2.14. The summed E-state index contributed by atoms with van der Waals surface area (Å²) in [5.41, 5.74) is 7.19. The van der Waals surface area contributed by atoms with E-state index in [1.165, 1.54) is 22.3 Å². The highest BCUT2D eigenvalue weighted by atomic mass is 16.5. The summed E-state index contributed by atoms with van der Waals surface area (Å²) in [4.78, 5) is 0. The third-order valence-electron chi connectivity index (χ3n) is 6.06. The maximum absolute atomic E-state index is 6.25. The van der Waals surface area contributed by atoms with Gasteiger partial charge in [0.05, 0.1) is 0 Å². The minimum atomic E-state index is 0.536. The van der Waals surface area contributed by atoms with Crippen molar-refractivity contribution in [3.05, 3.63) is 107 Å². The molecule has 0 spiro atoms. The van der Waals surface area contributed by atoms with Crippen LogP contribution in [0.1, 0.15) is 30.0 Å². The van der Waals surface area contributed by atoms with E-state index in [9.17, 15) is 0 Å². The maximum Gasteiger partial charge on any atom is 0.123 e. The number of hydrogen-bond donors (Lipinski definition) is 0. The molecule has 0 N–H and O–H groups in total. The Bertz CT molecular complexity index is 1090. The van der Waals surface area contributed by atoms with Gasteiger partial charge in [-0.15, -0.1) is 0 Å². The van der Waals surface area contributed by atoms with E-state index in [4.69, 9.17) is 9.47 Å². The first kappa shape index (κ1) is 21.0. The van der Waals surface area contributed by atoms with Gasteiger partial charge in [0.25, 0.3) is 0 Å². The van der Waals surface area contributed by atoms with E-state index in [0.29, 0.717) is 19.1 Å². The quantitative estimate of drug-likeness (QED) is 0.403.